The van der Waals surface area contributed by atoms with Crippen LogP contribution in [0.1, 0.15) is 31.7 Å². The van der Waals surface area contributed by atoms with Crippen molar-refractivity contribution in [1.82, 2.24) is 0 Å². The van der Waals surface area contributed by atoms with Crippen LogP contribution < -0.4 is 0 Å². The average molecular weight is 310 g/mol. The lowest BCUT2D eigenvalue weighted by atomic mass is 10.1. The maximum atomic E-state index is 6.08. The molecular formula is C12H15BrCl2. The quantitative estimate of drug-likeness (QED) is 0.631. The summed E-state index contributed by atoms with van der Waals surface area (Å²) in [6, 6.07) is 5.68. The van der Waals surface area contributed by atoms with Crippen molar-refractivity contribution in [2.45, 2.75) is 37.4 Å². The highest BCUT2D eigenvalue weighted by atomic mass is 79.9. The van der Waals surface area contributed by atoms with Crippen LogP contribution in [-0.2, 0) is 6.42 Å². The van der Waals surface area contributed by atoms with Crippen molar-refractivity contribution < 1.29 is 0 Å². The van der Waals surface area contributed by atoms with Crippen LogP contribution in [0.3, 0.4) is 0 Å². The van der Waals surface area contributed by atoms with Crippen LogP contribution >= 0.6 is 39.1 Å². The molecule has 84 valence electrons. The van der Waals surface area contributed by atoms with Gasteiger partial charge in [-0.3, -0.25) is 0 Å². The predicted octanol–water partition coefficient (Wildman–Crippen LogP) is 5.49. The molecule has 0 saturated heterocycles. The summed E-state index contributed by atoms with van der Waals surface area (Å²) in [6.07, 6.45) is 4.40. The van der Waals surface area contributed by atoms with Crippen molar-refractivity contribution in [1.29, 1.82) is 0 Å². The third kappa shape index (κ3) is 4.34. The molecule has 1 aromatic rings. The van der Waals surface area contributed by atoms with E-state index >= 15 is 0 Å². The van der Waals surface area contributed by atoms with Gasteiger partial charge in [-0.2, -0.15) is 0 Å². The first-order chi connectivity index (χ1) is 7.15. The molecule has 0 aliphatic heterocycles. The van der Waals surface area contributed by atoms with E-state index in [4.69, 9.17) is 23.2 Å². The highest BCUT2D eigenvalue weighted by Gasteiger charge is 2.06. The highest BCUT2D eigenvalue weighted by Crippen LogP contribution is 2.26. The van der Waals surface area contributed by atoms with E-state index in [0.29, 0.717) is 4.83 Å². The van der Waals surface area contributed by atoms with Gasteiger partial charge < -0.3 is 0 Å². The summed E-state index contributed by atoms with van der Waals surface area (Å²) in [4.78, 5) is 0.610. The second-order valence-electron chi connectivity index (χ2n) is 3.60. The molecule has 0 amide bonds. The fourth-order valence-corrected chi connectivity index (χ4v) is 2.39. The molecule has 0 nitrogen and oxygen atoms in total. The lowest BCUT2D eigenvalue weighted by molar-refractivity contribution is 0.690. The Bertz CT molecular complexity index is 292. The van der Waals surface area contributed by atoms with E-state index in [9.17, 15) is 0 Å². The summed E-state index contributed by atoms with van der Waals surface area (Å²) in [5.41, 5.74) is 1.08. The first-order valence-electron chi connectivity index (χ1n) is 5.22. The van der Waals surface area contributed by atoms with Gasteiger partial charge in [0.1, 0.15) is 0 Å². The van der Waals surface area contributed by atoms with Crippen LogP contribution in [0.25, 0.3) is 0 Å². The molecule has 1 aromatic carbocycles. The molecule has 0 aliphatic rings. The zero-order chi connectivity index (χ0) is 11.3. The monoisotopic (exact) mass is 308 g/mol. The number of alkyl halides is 1. The standard InChI is InChI=1S/C12H15BrCl2/c1-2-9(13)5-3-6-10-11(14)7-4-8-12(10)15/h4,7-9H,2-3,5-6H2,1H3. The molecule has 0 radical (unpaired) electrons. The van der Waals surface area contributed by atoms with Gasteiger partial charge in [-0.15, -0.1) is 0 Å². The summed E-state index contributed by atoms with van der Waals surface area (Å²) in [6.45, 7) is 2.18. The summed E-state index contributed by atoms with van der Waals surface area (Å²) < 4.78 is 0. The number of rotatable bonds is 5. The maximum absolute atomic E-state index is 6.08. The fourth-order valence-electron chi connectivity index (χ4n) is 1.48. The number of hydrogen-bond acceptors (Lipinski definition) is 0. The molecular weight excluding hydrogens is 295 g/mol. The van der Waals surface area contributed by atoms with Gasteiger partial charge in [-0.1, -0.05) is 52.1 Å². The average Bonchev–Trinajstić information content (AvgIpc) is 2.22. The van der Waals surface area contributed by atoms with E-state index < -0.39 is 0 Å². The van der Waals surface area contributed by atoms with Gasteiger partial charge in [0.25, 0.3) is 0 Å². The van der Waals surface area contributed by atoms with Crippen LogP contribution in [0, 0.1) is 0 Å². The molecule has 0 aromatic heterocycles. The van der Waals surface area contributed by atoms with Crippen LogP contribution in [0.2, 0.25) is 10.0 Å². The summed E-state index contributed by atoms with van der Waals surface area (Å²) in [5.74, 6) is 0. The maximum Gasteiger partial charge on any atom is 0.0452 e. The third-order valence-corrected chi connectivity index (χ3v) is 4.26. The van der Waals surface area contributed by atoms with Crippen molar-refractivity contribution in [3.05, 3.63) is 33.8 Å². The minimum absolute atomic E-state index is 0.610. The van der Waals surface area contributed by atoms with Gasteiger partial charge >= 0.3 is 0 Å². The minimum Gasteiger partial charge on any atom is -0.0891 e. The Balaban J connectivity index is 2.50. The third-order valence-electron chi connectivity index (χ3n) is 2.45. The second-order valence-corrected chi connectivity index (χ2v) is 5.71. The number of benzene rings is 1. The van der Waals surface area contributed by atoms with E-state index in [2.05, 4.69) is 22.9 Å². The molecule has 0 fully saturated rings. The Labute approximate surface area is 110 Å². The summed E-state index contributed by atoms with van der Waals surface area (Å²) in [7, 11) is 0. The van der Waals surface area contributed by atoms with Crippen LogP contribution in [-0.4, -0.2) is 4.83 Å². The van der Waals surface area contributed by atoms with E-state index in [1.807, 2.05) is 18.2 Å². The van der Waals surface area contributed by atoms with Crippen molar-refractivity contribution in [3.63, 3.8) is 0 Å². The molecule has 0 aliphatic carbocycles. The summed E-state index contributed by atoms with van der Waals surface area (Å²) >= 11 is 15.8. The smallest absolute Gasteiger partial charge is 0.0452 e. The number of halogens is 3. The van der Waals surface area contributed by atoms with Crippen LogP contribution in [0.5, 0.6) is 0 Å². The van der Waals surface area contributed by atoms with Gasteiger partial charge in [-0.25, -0.2) is 0 Å². The highest BCUT2D eigenvalue weighted by molar-refractivity contribution is 9.09. The molecule has 0 N–H and O–H groups in total. The molecule has 3 heteroatoms. The van der Waals surface area contributed by atoms with E-state index in [-0.39, 0.29) is 0 Å². The van der Waals surface area contributed by atoms with E-state index in [1.54, 1.807) is 0 Å². The van der Waals surface area contributed by atoms with Gasteiger partial charge in [0.15, 0.2) is 0 Å². The lowest BCUT2D eigenvalue weighted by Crippen LogP contribution is -1.97. The molecule has 0 bridgehead atoms. The van der Waals surface area contributed by atoms with E-state index in [0.717, 1.165) is 41.3 Å². The minimum atomic E-state index is 0.610. The van der Waals surface area contributed by atoms with Crippen molar-refractivity contribution >= 4 is 39.1 Å². The van der Waals surface area contributed by atoms with Gasteiger partial charge in [0.05, 0.1) is 0 Å². The van der Waals surface area contributed by atoms with Gasteiger partial charge in [-0.05, 0) is 43.4 Å². The summed E-state index contributed by atoms with van der Waals surface area (Å²) in [5, 5.41) is 1.57. The second kappa shape index (κ2) is 6.78. The first kappa shape index (κ1) is 13.3. The Morgan fingerprint density at radius 3 is 2.40 bits per heavy atom. The molecule has 0 heterocycles. The topological polar surface area (TPSA) is 0 Å². The van der Waals surface area contributed by atoms with Gasteiger partial charge in [0, 0.05) is 14.9 Å². The zero-order valence-electron chi connectivity index (χ0n) is 8.77. The van der Waals surface area contributed by atoms with Crippen molar-refractivity contribution in [3.8, 4) is 0 Å². The van der Waals surface area contributed by atoms with E-state index in [1.165, 1.54) is 0 Å². The van der Waals surface area contributed by atoms with Crippen LogP contribution in [0.15, 0.2) is 18.2 Å². The SMILES string of the molecule is CCC(Br)CCCc1c(Cl)cccc1Cl. The normalized spacial score (nSPS) is 12.8. The lowest BCUT2D eigenvalue weighted by Gasteiger charge is -2.08. The number of hydrogen-bond donors (Lipinski definition) is 0. The first-order valence-corrected chi connectivity index (χ1v) is 6.89. The fraction of sp³-hybridized carbons (Fsp3) is 0.500. The Kier molecular flexibility index (Phi) is 6.03. The molecule has 15 heavy (non-hydrogen) atoms. The molecule has 0 saturated carbocycles. The molecule has 1 rings (SSSR count). The largest absolute Gasteiger partial charge is 0.0891 e. The zero-order valence-corrected chi connectivity index (χ0v) is 11.9. The molecule has 1 atom stereocenters. The Morgan fingerprint density at radius 2 is 1.87 bits per heavy atom. The molecule has 0 spiro atoms. The van der Waals surface area contributed by atoms with Crippen LogP contribution in [0.4, 0.5) is 0 Å². The van der Waals surface area contributed by atoms with Gasteiger partial charge in [0.2, 0.25) is 0 Å². The van der Waals surface area contributed by atoms with Crippen molar-refractivity contribution in [2.24, 2.45) is 0 Å². The Hall–Kier alpha value is 0.280. The molecule has 1 unspecified atom stereocenters. The van der Waals surface area contributed by atoms with Crippen molar-refractivity contribution in [2.75, 3.05) is 0 Å². The Morgan fingerprint density at radius 1 is 1.27 bits per heavy atom. The predicted molar refractivity (Wildman–Crippen MR) is 72.4 cm³/mol.